The Morgan fingerprint density at radius 1 is 1.15 bits per heavy atom. The van der Waals surface area contributed by atoms with Crippen LogP contribution >= 0.6 is 11.3 Å². The first-order valence-corrected chi connectivity index (χ1v) is 8.04. The van der Waals surface area contributed by atoms with Gasteiger partial charge in [0.25, 0.3) is 0 Å². The zero-order chi connectivity index (χ0) is 15.1. The Morgan fingerprint density at radius 3 is 2.30 bits per heavy atom. The van der Waals surface area contributed by atoms with Crippen molar-refractivity contribution in [2.24, 2.45) is 5.92 Å². The van der Waals surface area contributed by atoms with E-state index in [1.54, 1.807) is 18.4 Å². The van der Waals surface area contributed by atoms with Crippen molar-refractivity contribution >= 4 is 21.6 Å². The zero-order valence-electron chi connectivity index (χ0n) is 13.6. The summed E-state index contributed by atoms with van der Waals surface area (Å²) in [5.41, 5.74) is 2.44. The van der Waals surface area contributed by atoms with Crippen molar-refractivity contribution in [2.75, 3.05) is 7.11 Å². The number of hydrogen-bond acceptors (Lipinski definition) is 3. The van der Waals surface area contributed by atoms with E-state index in [1.807, 2.05) is 0 Å². The highest BCUT2D eigenvalue weighted by atomic mass is 32.1. The largest absolute Gasteiger partial charge is 0.496 e. The molecule has 0 bridgehead atoms. The quantitative estimate of drug-likeness (QED) is 0.759. The molecule has 0 N–H and O–H groups in total. The minimum Gasteiger partial charge on any atom is -0.496 e. The Balaban J connectivity index is 2.60. The summed E-state index contributed by atoms with van der Waals surface area (Å²) in [4.78, 5) is 4.78. The summed E-state index contributed by atoms with van der Waals surface area (Å²) < 4.78 is 6.85. The lowest BCUT2D eigenvalue weighted by molar-refractivity contribution is 0.399. The van der Waals surface area contributed by atoms with Gasteiger partial charge in [-0.1, -0.05) is 41.5 Å². The van der Waals surface area contributed by atoms with E-state index in [0.29, 0.717) is 11.8 Å². The van der Waals surface area contributed by atoms with Gasteiger partial charge in [-0.25, -0.2) is 4.98 Å². The van der Waals surface area contributed by atoms with Crippen LogP contribution in [0.3, 0.4) is 0 Å². The SMILES string of the molecule is COc1cc2nc(C(C)(C)C)sc2cc1C(C)C(C)C. The van der Waals surface area contributed by atoms with Gasteiger partial charge in [-0.3, -0.25) is 0 Å². The number of aromatic nitrogens is 1. The molecule has 0 aliphatic carbocycles. The molecule has 3 heteroatoms. The van der Waals surface area contributed by atoms with Crippen molar-refractivity contribution in [1.29, 1.82) is 0 Å². The van der Waals surface area contributed by atoms with Crippen LogP contribution in [0.15, 0.2) is 12.1 Å². The van der Waals surface area contributed by atoms with Crippen LogP contribution in [0.4, 0.5) is 0 Å². The molecule has 0 aliphatic rings. The normalized spacial score (nSPS) is 14.0. The van der Waals surface area contributed by atoms with E-state index < -0.39 is 0 Å². The molecule has 110 valence electrons. The second kappa shape index (κ2) is 5.36. The lowest BCUT2D eigenvalue weighted by Crippen LogP contribution is -2.09. The number of benzene rings is 1. The minimum absolute atomic E-state index is 0.0980. The van der Waals surface area contributed by atoms with Gasteiger partial charge in [0.2, 0.25) is 0 Å². The van der Waals surface area contributed by atoms with Crippen LogP contribution in [-0.4, -0.2) is 12.1 Å². The molecule has 1 atom stereocenters. The van der Waals surface area contributed by atoms with E-state index in [9.17, 15) is 0 Å². The highest BCUT2D eigenvalue weighted by Gasteiger charge is 2.21. The number of ether oxygens (including phenoxy) is 1. The van der Waals surface area contributed by atoms with Crippen molar-refractivity contribution in [3.05, 3.63) is 22.7 Å². The minimum atomic E-state index is 0.0980. The van der Waals surface area contributed by atoms with Crippen molar-refractivity contribution in [2.45, 2.75) is 52.9 Å². The van der Waals surface area contributed by atoms with Gasteiger partial charge in [0.1, 0.15) is 5.75 Å². The van der Waals surface area contributed by atoms with Crippen LogP contribution in [0.2, 0.25) is 0 Å². The molecule has 0 spiro atoms. The molecule has 1 aromatic carbocycles. The lowest BCUT2D eigenvalue weighted by atomic mass is 9.89. The second-order valence-electron chi connectivity index (χ2n) is 6.86. The third-order valence-electron chi connectivity index (χ3n) is 3.87. The summed E-state index contributed by atoms with van der Waals surface area (Å²) >= 11 is 1.80. The summed E-state index contributed by atoms with van der Waals surface area (Å²) in [5.74, 6) is 2.04. The van der Waals surface area contributed by atoms with E-state index >= 15 is 0 Å². The summed E-state index contributed by atoms with van der Waals surface area (Å²) in [7, 11) is 1.74. The Labute approximate surface area is 126 Å². The van der Waals surface area contributed by atoms with Crippen LogP contribution < -0.4 is 4.74 Å². The molecule has 0 radical (unpaired) electrons. The fourth-order valence-electron chi connectivity index (χ4n) is 2.18. The van der Waals surface area contributed by atoms with Gasteiger partial charge in [-0.05, 0) is 23.5 Å². The number of thiazole rings is 1. The molecule has 0 amide bonds. The first-order chi connectivity index (χ1) is 9.24. The molecule has 0 fully saturated rings. The topological polar surface area (TPSA) is 22.1 Å². The van der Waals surface area contributed by atoms with E-state index in [2.05, 4.69) is 53.7 Å². The van der Waals surface area contributed by atoms with Crippen LogP contribution in [0, 0.1) is 5.92 Å². The molecule has 2 rings (SSSR count). The highest BCUT2D eigenvalue weighted by Crippen LogP contribution is 2.38. The predicted molar refractivity (Wildman–Crippen MR) is 88.1 cm³/mol. The molecule has 1 heterocycles. The number of methoxy groups -OCH3 is 1. The Morgan fingerprint density at radius 2 is 1.80 bits per heavy atom. The fourth-order valence-corrected chi connectivity index (χ4v) is 3.24. The molecule has 2 aromatic rings. The maximum atomic E-state index is 5.58. The Hall–Kier alpha value is -1.09. The molecule has 0 saturated heterocycles. The standard InChI is InChI=1S/C17H25NOS/c1-10(2)11(3)12-8-15-13(9-14(12)19-7)18-16(20-15)17(4,5)6/h8-11H,1-7H3. The van der Waals surface area contributed by atoms with Gasteiger partial charge in [0, 0.05) is 11.5 Å². The average molecular weight is 291 g/mol. The van der Waals surface area contributed by atoms with E-state index in [1.165, 1.54) is 15.3 Å². The maximum Gasteiger partial charge on any atom is 0.124 e. The van der Waals surface area contributed by atoms with Crippen molar-refractivity contribution in [1.82, 2.24) is 4.98 Å². The van der Waals surface area contributed by atoms with Crippen LogP contribution in [-0.2, 0) is 5.41 Å². The van der Waals surface area contributed by atoms with Gasteiger partial charge in [-0.15, -0.1) is 11.3 Å². The smallest absolute Gasteiger partial charge is 0.124 e. The summed E-state index contributed by atoms with van der Waals surface area (Å²) in [6, 6.07) is 4.36. The van der Waals surface area contributed by atoms with Gasteiger partial charge < -0.3 is 4.74 Å². The summed E-state index contributed by atoms with van der Waals surface area (Å²) in [6.45, 7) is 13.4. The highest BCUT2D eigenvalue weighted by molar-refractivity contribution is 7.18. The molecule has 0 aliphatic heterocycles. The van der Waals surface area contributed by atoms with Crippen LogP contribution in [0.5, 0.6) is 5.75 Å². The summed E-state index contributed by atoms with van der Waals surface area (Å²) in [5, 5.41) is 1.18. The molecule has 1 aromatic heterocycles. The third-order valence-corrected chi connectivity index (χ3v) is 5.32. The fraction of sp³-hybridized carbons (Fsp3) is 0.588. The number of hydrogen-bond donors (Lipinski definition) is 0. The van der Waals surface area contributed by atoms with Gasteiger partial charge in [0.15, 0.2) is 0 Å². The van der Waals surface area contributed by atoms with Crippen molar-refractivity contribution in [3.63, 3.8) is 0 Å². The summed E-state index contributed by atoms with van der Waals surface area (Å²) in [6.07, 6.45) is 0. The number of fused-ring (bicyclic) bond motifs is 1. The Kier molecular flexibility index (Phi) is 4.10. The molecule has 20 heavy (non-hydrogen) atoms. The van der Waals surface area contributed by atoms with E-state index in [-0.39, 0.29) is 5.41 Å². The predicted octanol–water partition coefficient (Wildman–Crippen LogP) is 5.36. The van der Waals surface area contributed by atoms with E-state index in [0.717, 1.165) is 11.3 Å². The van der Waals surface area contributed by atoms with Crippen molar-refractivity contribution in [3.8, 4) is 5.75 Å². The van der Waals surface area contributed by atoms with Gasteiger partial charge in [0.05, 0.1) is 22.3 Å². The monoisotopic (exact) mass is 291 g/mol. The second-order valence-corrected chi connectivity index (χ2v) is 7.89. The zero-order valence-corrected chi connectivity index (χ0v) is 14.4. The van der Waals surface area contributed by atoms with Crippen LogP contribution in [0.1, 0.15) is 58.0 Å². The lowest BCUT2D eigenvalue weighted by Gasteiger charge is -2.18. The molecule has 1 unspecified atom stereocenters. The average Bonchev–Trinajstić information content (AvgIpc) is 2.78. The first-order valence-electron chi connectivity index (χ1n) is 7.23. The number of rotatable bonds is 3. The Bertz CT molecular complexity index is 607. The molecular weight excluding hydrogens is 266 g/mol. The van der Waals surface area contributed by atoms with Crippen molar-refractivity contribution < 1.29 is 4.74 Å². The van der Waals surface area contributed by atoms with Crippen LogP contribution in [0.25, 0.3) is 10.2 Å². The number of nitrogens with zero attached hydrogens (tertiary/aromatic N) is 1. The molecule has 0 saturated carbocycles. The first kappa shape index (κ1) is 15.3. The van der Waals surface area contributed by atoms with Gasteiger partial charge in [-0.2, -0.15) is 0 Å². The van der Waals surface area contributed by atoms with Gasteiger partial charge >= 0.3 is 0 Å². The molecular formula is C17H25NOS. The van der Waals surface area contributed by atoms with E-state index in [4.69, 9.17) is 9.72 Å². The third kappa shape index (κ3) is 2.83. The maximum absolute atomic E-state index is 5.58. The molecule has 2 nitrogen and oxygen atoms in total.